The Bertz CT molecular complexity index is 335. The monoisotopic (exact) mass is 227 g/mol. The quantitative estimate of drug-likeness (QED) is 0.792. The zero-order valence-corrected chi connectivity index (χ0v) is 9.78. The second-order valence-corrected chi connectivity index (χ2v) is 3.88. The van der Waals surface area contributed by atoms with Gasteiger partial charge < -0.3 is 9.64 Å². The minimum atomic E-state index is -0.485. The second kappa shape index (κ2) is 5.03. The highest BCUT2D eigenvalue weighted by Gasteiger charge is 2.15. The van der Waals surface area contributed by atoms with Crippen molar-refractivity contribution in [1.29, 1.82) is 0 Å². The van der Waals surface area contributed by atoms with Gasteiger partial charge in [0, 0.05) is 19.1 Å². The molecule has 1 atom stereocenters. The number of amides is 1. The molecule has 0 aliphatic carbocycles. The van der Waals surface area contributed by atoms with E-state index in [9.17, 15) is 4.79 Å². The van der Waals surface area contributed by atoms with Crippen LogP contribution in [0.1, 0.15) is 6.92 Å². The molecule has 0 aliphatic rings. The number of rotatable bonds is 3. The maximum atomic E-state index is 11.5. The van der Waals surface area contributed by atoms with Crippen LogP contribution >= 0.6 is 11.6 Å². The number of halogens is 1. The molecule has 3 nitrogen and oxygen atoms in total. The molecule has 1 rings (SSSR count). The van der Waals surface area contributed by atoms with Crippen molar-refractivity contribution in [3.05, 3.63) is 29.3 Å². The average molecular weight is 228 g/mol. The fraction of sp³-hybridized carbons (Fsp3) is 0.364. The highest BCUT2D eigenvalue weighted by molar-refractivity contribution is 6.30. The first-order chi connectivity index (χ1) is 7.00. The largest absolute Gasteiger partial charge is 0.481 e. The molecule has 82 valence electrons. The van der Waals surface area contributed by atoms with Crippen molar-refractivity contribution >= 4 is 17.5 Å². The molecule has 0 aliphatic heterocycles. The Morgan fingerprint density at radius 2 is 1.87 bits per heavy atom. The molecule has 0 N–H and O–H groups in total. The third-order valence-corrected chi connectivity index (χ3v) is 2.17. The first-order valence-corrected chi connectivity index (χ1v) is 5.02. The molecule has 0 saturated carbocycles. The number of carbonyl (C=O) groups excluding carboxylic acids is 1. The van der Waals surface area contributed by atoms with Gasteiger partial charge in [-0.25, -0.2) is 0 Å². The van der Waals surface area contributed by atoms with Crippen LogP contribution in [0.15, 0.2) is 24.3 Å². The van der Waals surface area contributed by atoms with Crippen LogP contribution in [0.5, 0.6) is 5.75 Å². The van der Waals surface area contributed by atoms with Crippen LogP contribution in [0.4, 0.5) is 0 Å². The van der Waals surface area contributed by atoms with Crippen LogP contribution in [0, 0.1) is 0 Å². The number of likely N-dealkylation sites (N-methyl/N-ethyl adjacent to an activating group) is 1. The maximum Gasteiger partial charge on any atom is 0.262 e. The van der Waals surface area contributed by atoms with Crippen LogP contribution < -0.4 is 4.74 Å². The standard InChI is InChI=1S/C11H14ClNO2/c1-8(11(14)13(2)3)15-10-6-4-9(12)5-7-10/h4-8H,1-3H3/t8-/m1/s1. The van der Waals surface area contributed by atoms with Gasteiger partial charge in [-0.1, -0.05) is 11.6 Å². The van der Waals surface area contributed by atoms with Crippen molar-refractivity contribution < 1.29 is 9.53 Å². The van der Waals surface area contributed by atoms with E-state index in [-0.39, 0.29) is 5.91 Å². The fourth-order valence-corrected chi connectivity index (χ4v) is 1.26. The minimum Gasteiger partial charge on any atom is -0.481 e. The lowest BCUT2D eigenvalue weighted by Crippen LogP contribution is -2.35. The SMILES string of the molecule is C[C@@H](Oc1ccc(Cl)cc1)C(=O)N(C)C. The lowest BCUT2D eigenvalue weighted by molar-refractivity contribution is -0.135. The second-order valence-electron chi connectivity index (χ2n) is 3.45. The smallest absolute Gasteiger partial charge is 0.262 e. The van der Waals surface area contributed by atoms with Crippen LogP contribution in [0.3, 0.4) is 0 Å². The lowest BCUT2D eigenvalue weighted by atomic mass is 10.3. The summed E-state index contributed by atoms with van der Waals surface area (Å²) in [6.07, 6.45) is -0.485. The molecule has 0 saturated heterocycles. The van der Waals surface area contributed by atoms with Gasteiger partial charge in [-0.2, -0.15) is 0 Å². The summed E-state index contributed by atoms with van der Waals surface area (Å²) >= 11 is 5.73. The number of ether oxygens (including phenoxy) is 1. The van der Waals surface area contributed by atoms with E-state index >= 15 is 0 Å². The van der Waals surface area contributed by atoms with Gasteiger partial charge in [0.15, 0.2) is 6.10 Å². The van der Waals surface area contributed by atoms with Crippen molar-refractivity contribution in [3.8, 4) is 5.75 Å². The molecule has 4 heteroatoms. The first kappa shape index (κ1) is 11.9. The lowest BCUT2D eigenvalue weighted by Gasteiger charge is -2.18. The molecule has 0 bridgehead atoms. The summed E-state index contributed by atoms with van der Waals surface area (Å²) < 4.78 is 5.44. The molecule has 1 aromatic rings. The van der Waals surface area contributed by atoms with Gasteiger partial charge in [0.05, 0.1) is 0 Å². The fourth-order valence-electron chi connectivity index (χ4n) is 1.13. The normalized spacial score (nSPS) is 12.0. The molecule has 0 unspecified atom stereocenters. The molecule has 0 heterocycles. The van der Waals surface area contributed by atoms with Crippen LogP contribution in [-0.4, -0.2) is 31.0 Å². The Kier molecular flexibility index (Phi) is 3.97. The van der Waals surface area contributed by atoms with Gasteiger partial charge in [0.2, 0.25) is 0 Å². The Labute approximate surface area is 94.6 Å². The van der Waals surface area contributed by atoms with Gasteiger partial charge >= 0.3 is 0 Å². The van der Waals surface area contributed by atoms with E-state index in [0.717, 1.165) is 0 Å². The molecule has 1 amide bonds. The minimum absolute atomic E-state index is 0.0649. The molecular weight excluding hydrogens is 214 g/mol. The van der Waals surface area contributed by atoms with Crippen LogP contribution in [-0.2, 0) is 4.79 Å². The molecule has 0 aromatic heterocycles. The maximum absolute atomic E-state index is 11.5. The molecular formula is C11H14ClNO2. The number of nitrogens with zero attached hydrogens (tertiary/aromatic N) is 1. The number of carbonyl (C=O) groups is 1. The molecule has 0 radical (unpaired) electrons. The van der Waals surface area contributed by atoms with Crippen molar-refractivity contribution in [1.82, 2.24) is 4.90 Å². The topological polar surface area (TPSA) is 29.5 Å². The van der Waals surface area contributed by atoms with E-state index in [1.54, 1.807) is 45.3 Å². The van der Waals surface area contributed by atoms with E-state index in [1.807, 2.05) is 0 Å². The van der Waals surface area contributed by atoms with E-state index in [4.69, 9.17) is 16.3 Å². The van der Waals surface area contributed by atoms with Crippen molar-refractivity contribution in [2.75, 3.05) is 14.1 Å². The van der Waals surface area contributed by atoms with Gasteiger partial charge in [-0.3, -0.25) is 4.79 Å². The summed E-state index contributed by atoms with van der Waals surface area (Å²) in [5, 5.41) is 0.647. The highest BCUT2D eigenvalue weighted by atomic mass is 35.5. The average Bonchev–Trinajstić information content (AvgIpc) is 2.20. The van der Waals surface area contributed by atoms with Crippen LogP contribution in [0.2, 0.25) is 5.02 Å². The highest BCUT2D eigenvalue weighted by Crippen LogP contribution is 2.16. The van der Waals surface area contributed by atoms with Crippen LogP contribution in [0.25, 0.3) is 0 Å². The van der Waals surface area contributed by atoms with Gasteiger partial charge in [0.1, 0.15) is 5.75 Å². The number of hydrogen-bond donors (Lipinski definition) is 0. The number of benzene rings is 1. The molecule has 15 heavy (non-hydrogen) atoms. The summed E-state index contributed by atoms with van der Waals surface area (Å²) in [5.74, 6) is 0.576. The first-order valence-electron chi connectivity index (χ1n) is 4.64. The molecule has 0 spiro atoms. The van der Waals surface area contributed by atoms with E-state index < -0.39 is 6.10 Å². The predicted octanol–water partition coefficient (Wildman–Crippen LogP) is 2.20. The van der Waals surface area contributed by atoms with Crippen molar-refractivity contribution in [3.63, 3.8) is 0 Å². The predicted molar refractivity (Wildman–Crippen MR) is 60.2 cm³/mol. The summed E-state index contributed by atoms with van der Waals surface area (Å²) in [7, 11) is 3.40. The zero-order valence-electron chi connectivity index (χ0n) is 9.03. The zero-order chi connectivity index (χ0) is 11.4. The summed E-state index contributed by atoms with van der Waals surface area (Å²) in [5.41, 5.74) is 0. The molecule has 1 aromatic carbocycles. The van der Waals surface area contributed by atoms with Crippen molar-refractivity contribution in [2.24, 2.45) is 0 Å². The summed E-state index contributed by atoms with van der Waals surface area (Å²) in [4.78, 5) is 13.0. The Balaban J connectivity index is 2.62. The van der Waals surface area contributed by atoms with E-state index in [2.05, 4.69) is 0 Å². The Hall–Kier alpha value is -1.22. The summed E-state index contributed by atoms with van der Waals surface area (Å²) in [6.45, 7) is 1.72. The van der Waals surface area contributed by atoms with E-state index in [1.165, 1.54) is 4.90 Å². The number of hydrogen-bond acceptors (Lipinski definition) is 2. The van der Waals surface area contributed by atoms with Crippen molar-refractivity contribution in [2.45, 2.75) is 13.0 Å². The van der Waals surface area contributed by atoms with Gasteiger partial charge in [-0.05, 0) is 31.2 Å². The Morgan fingerprint density at radius 1 is 1.33 bits per heavy atom. The third-order valence-electron chi connectivity index (χ3n) is 1.92. The van der Waals surface area contributed by atoms with E-state index in [0.29, 0.717) is 10.8 Å². The Morgan fingerprint density at radius 3 is 2.33 bits per heavy atom. The third kappa shape index (κ3) is 3.44. The molecule has 0 fully saturated rings. The summed E-state index contributed by atoms with van der Waals surface area (Å²) in [6, 6.07) is 6.93. The van der Waals surface area contributed by atoms with Gasteiger partial charge in [-0.15, -0.1) is 0 Å². The van der Waals surface area contributed by atoms with Gasteiger partial charge in [0.25, 0.3) is 5.91 Å².